The number of allylic oxidation sites excluding steroid dienone is 2. The van der Waals surface area contributed by atoms with Crippen LogP contribution in [-0.2, 0) is 0 Å². The van der Waals surface area contributed by atoms with Gasteiger partial charge in [0.25, 0.3) is 0 Å². The highest BCUT2D eigenvalue weighted by Crippen LogP contribution is 2.26. The van der Waals surface area contributed by atoms with Crippen LogP contribution in [0.1, 0.15) is 80.1 Å². The smallest absolute Gasteiger partial charge is 0.0234 e. The minimum absolute atomic E-state index is 0.779. The van der Waals surface area contributed by atoms with E-state index in [1.54, 1.807) is 5.57 Å². The van der Waals surface area contributed by atoms with Crippen molar-refractivity contribution in [2.75, 3.05) is 0 Å². The summed E-state index contributed by atoms with van der Waals surface area (Å²) in [5.41, 5.74) is 1.70. The van der Waals surface area contributed by atoms with E-state index in [2.05, 4.69) is 47.6 Å². The highest BCUT2D eigenvalue weighted by atomic mass is 14.2. The summed E-state index contributed by atoms with van der Waals surface area (Å²) in [5, 5.41) is 0. The van der Waals surface area contributed by atoms with E-state index in [1.807, 2.05) is 0 Å². The third kappa shape index (κ3) is 7.63. The van der Waals surface area contributed by atoms with Crippen LogP contribution in [-0.4, -0.2) is 0 Å². The minimum Gasteiger partial charge on any atom is -0.0853 e. The molecule has 0 rings (SSSR count). The van der Waals surface area contributed by atoms with Gasteiger partial charge in [0.05, 0.1) is 0 Å². The summed E-state index contributed by atoms with van der Waals surface area (Å²) in [6, 6.07) is 0. The third-order valence-corrected chi connectivity index (χ3v) is 4.15. The van der Waals surface area contributed by atoms with Gasteiger partial charge in [-0.1, -0.05) is 72.5 Å². The van der Waals surface area contributed by atoms with Crippen LogP contribution in [0.5, 0.6) is 0 Å². The highest BCUT2D eigenvalue weighted by Gasteiger charge is 2.11. The average molecular weight is 238 g/mol. The molecule has 0 amide bonds. The second kappa shape index (κ2) is 9.74. The molecule has 0 spiro atoms. The van der Waals surface area contributed by atoms with Crippen molar-refractivity contribution in [3.8, 4) is 0 Å². The van der Waals surface area contributed by atoms with Gasteiger partial charge < -0.3 is 0 Å². The lowest BCUT2D eigenvalue weighted by molar-refractivity contribution is 0.410. The highest BCUT2D eigenvalue weighted by molar-refractivity contribution is 5.06. The Labute approximate surface area is 110 Å². The van der Waals surface area contributed by atoms with Gasteiger partial charge in [-0.05, 0) is 37.0 Å². The molecule has 102 valence electrons. The van der Waals surface area contributed by atoms with E-state index in [0.29, 0.717) is 0 Å². The molecule has 0 aromatic rings. The predicted molar refractivity (Wildman–Crippen MR) is 80.3 cm³/mol. The van der Waals surface area contributed by atoms with Crippen LogP contribution >= 0.6 is 0 Å². The summed E-state index contributed by atoms with van der Waals surface area (Å²) >= 11 is 0. The Hall–Kier alpha value is -0.260. The van der Waals surface area contributed by atoms with Crippen molar-refractivity contribution in [2.45, 2.75) is 80.1 Å². The monoisotopic (exact) mass is 238 g/mol. The maximum absolute atomic E-state index is 2.47. The van der Waals surface area contributed by atoms with Gasteiger partial charge in [-0.3, -0.25) is 0 Å². The molecule has 0 radical (unpaired) electrons. The van der Waals surface area contributed by atoms with E-state index in [9.17, 15) is 0 Å². The van der Waals surface area contributed by atoms with Crippen LogP contribution in [0.4, 0.5) is 0 Å². The lowest BCUT2D eigenvalue weighted by Gasteiger charge is -2.20. The van der Waals surface area contributed by atoms with Crippen LogP contribution in [0.15, 0.2) is 11.6 Å². The van der Waals surface area contributed by atoms with Crippen LogP contribution in [0.25, 0.3) is 0 Å². The molecule has 17 heavy (non-hydrogen) atoms. The summed E-state index contributed by atoms with van der Waals surface area (Å²) < 4.78 is 0. The molecule has 0 saturated heterocycles. The molecule has 0 aliphatic rings. The maximum Gasteiger partial charge on any atom is -0.0234 e. The third-order valence-electron chi connectivity index (χ3n) is 4.15. The normalized spacial score (nSPS) is 17.9. The SMILES string of the molecule is CC/C=C(/C[C@H](C)CCC(C)CC)[C@@H](C)CC. The molecular formula is C17H34. The van der Waals surface area contributed by atoms with Crippen molar-refractivity contribution in [2.24, 2.45) is 17.8 Å². The van der Waals surface area contributed by atoms with Crippen molar-refractivity contribution in [3.63, 3.8) is 0 Å². The Morgan fingerprint density at radius 2 is 1.47 bits per heavy atom. The number of rotatable bonds is 9. The largest absolute Gasteiger partial charge is 0.0853 e. The molecule has 3 atom stereocenters. The van der Waals surface area contributed by atoms with Gasteiger partial charge in [-0.15, -0.1) is 0 Å². The lowest BCUT2D eigenvalue weighted by Crippen LogP contribution is -2.06. The van der Waals surface area contributed by atoms with Gasteiger partial charge in [0.1, 0.15) is 0 Å². The summed E-state index contributed by atoms with van der Waals surface area (Å²) in [5.74, 6) is 2.54. The Morgan fingerprint density at radius 1 is 0.882 bits per heavy atom. The molecule has 0 nitrogen and oxygen atoms in total. The molecule has 0 aliphatic carbocycles. The first-order valence-electron chi connectivity index (χ1n) is 7.73. The quantitative estimate of drug-likeness (QED) is 0.418. The fourth-order valence-corrected chi connectivity index (χ4v) is 2.29. The van der Waals surface area contributed by atoms with Crippen molar-refractivity contribution in [1.82, 2.24) is 0 Å². The zero-order chi connectivity index (χ0) is 13.3. The van der Waals surface area contributed by atoms with E-state index in [4.69, 9.17) is 0 Å². The van der Waals surface area contributed by atoms with Gasteiger partial charge in [-0.2, -0.15) is 0 Å². The van der Waals surface area contributed by atoms with E-state index in [-0.39, 0.29) is 0 Å². The van der Waals surface area contributed by atoms with Crippen LogP contribution in [0, 0.1) is 17.8 Å². The van der Waals surface area contributed by atoms with Gasteiger partial charge in [0, 0.05) is 0 Å². The molecule has 1 unspecified atom stereocenters. The first-order valence-corrected chi connectivity index (χ1v) is 7.73. The van der Waals surface area contributed by atoms with E-state index in [1.165, 1.54) is 38.5 Å². The summed E-state index contributed by atoms with van der Waals surface area (Å²) in [7, 11) is 0. The van der Waals surface area contributed by atoms with Crippen molar-refractivity contribution < 1.29 is 0 Å². The summed E-state index contributed by atoms with van der Waals surface area (Å²) in [4.78, 5) is 0. The van der Waals surface area contributed by atoms with Crippen LogP contribution in [0.2, 0.25) is 0 Å². The second-order valence-corrected chi connectivity index (χ2v) is 5.90. The molecule has 0 heterocycles. The first-order chi connectivity index (χ1) is 8.04. The molecule has 0 aromatic heterocycles. The standard InChI is InChI=1S/C17H34/c1-7-10-17(16(6)9-3)13-15(5)12-11-14(4)8-2/h10,14-16H,7-9,11-13H2,1-6H3/b17-10-/t14?,15-,16+/m1/s1. The Balaban J connectivity index is 4.13. The second-order valence-electron chi connectivity index (χ2n) is 5.90. The van der Waals surface area contributed by atoms with Gasteiger partial charge >= 0.3 is 0 Å². The van der Waals surface area contributed by atoms with Crippen molar-refractivity contribution >= 4 is 0 Å². The van der Waals surface area contributed by atoms with Gasteiger partial charge in [0.2, 0.25) is 0 Å². The maximum atomic E-state index is 2.47. The Bertz CT molecular complexity index is 202. The first kappa shape index (κ1) is 16.7. The van der Waals surface area contributed by atoms with Crippen molar-refractivity contribution in [1.29, 1.82) is 0 Å². The topological polar surface area (TPSA) is 0 Å². The minimum atomic E-state index is 0.779. The fraction of sp³-hybridized carbons (Fsp3) is 0.882. The van der Waals surface area contributed by atoms with Gasteiger partial charge in [-0.25, -0.2) is 0 Å². The molecule has 0 aromatic carbocycles. The van der Waals surface area contributed by atoms with E-state index >= 15 is 0 Å². The van der Waals surface area contributed by atoms with Crippen LogP contribution < -0.4 is 0 Å². The fourth-order valence-electron chi connectivity index (χ4n) is 2.29. The molecule has 0 N–H and O–H groups in total. The molecule has 0 bridgehead atoms. The zero-order valence-corrected chi connectivity index (χ0v) is 13.1. The van der Waals surface area contributed by atoms with Gasteiger partial charge in [0.15, 0.2) is 0 Å². The predicted octanol–water partition coefficient (Wildman–Crippen LogP) is 6.22. The number of hydrogen-bond acceptors (Lipinski definition) is 0. The van der Waals surface area contributed by atoms with E-state index in [0.717, 1.165) is 17.8 Å². The average Bonchev–Trinajstić information content (AvgIpc) is 2.34. The Morgan fingerprint density at radius 3 is 1.94 bits per heavy atom. The molecule has 0 aliphatic heterocycles. The molecule has 0 fully saturated rings. The summed E-state index contributed by atoms with van der Waals surface area (Å²) in [6.07, 6.45) is 10.4. The zero-order valence-electron chi connectivity index (χ0n) is 13.1. The Kier molecular flexibility index (Phi) is 9.59. The molecular weight excluding hydrogens is 204 g/mol. The molecule has 0 heteroatoms. The van der Waals surface area contributed by atoms with Crippen LogP contribution in [0.3, 0.4) is 0 Å². The summed E-state index contributed by atoms with van der Waals surface area (Å²) in [6.45, 7) is 14.0. The lowest BCUT2D eigenvalue weighted by atomic mass is 9.86. The van der Waals surface area contributed by atoms with E-state index < -0.39 is 0 Å². The molecule has 0 saturated carbocycles. The van der Waals surface area contributed by atoms with Crippen molar-refractivity contribution in [3.05, 3.63) is 11.6 Å². The number of hydrogen-bond donors (Lipinski definition) is 0.